The van der Waals surface area contributed by atoms with Gasteiger partial charge in [0.25, 0.3) is 0 Å². The van der Waals surface area contributed by atoms with Gasteiger partial charge in [0.15, 0.2) is 0 Å². The van der Waals surface area contributed by atoms with Crippen LogP contribution in [0.15, 0.2) is 30.3 Å². The summed E-state index contributed by atoms with van der Waals surface area (Å²) in [4.78, 5) is 23.6. The maximum atomic E-state index is 12.1. The van der Waals surface area contributed by atoms with Gasteiger partial charge >= 0.3 is 11.9 Å². The number of esters is 1. The molecule has 1 aromatic carbocycles. The van der Waals surface area contributed by atoms with Crippen LogP contribution in [0.4, 0.5) is 0 Å². The fourth-order valence-corrected chi connectivity index (χ4v) is 3.69. The molecule has 4 unspecified atom stereocenters. The summed E-state index contributed by atoms with van der Waals surface area (Å²) in [5.74, 6) is -1.10. The smallest absolute Gasteiger partial charge is 0.338 e. The molecule has 0 spiro atoms. The molecule has 0 aromatic heterocycles. The van der Waals surface area contributed by atoms with E-state index in [1.165, 1.54) is 0 Å². The Balaban J connectivity index is 1.75. The third-order valence-corrected chi connectivity index (χ3v) is 4.61. The topological polar surface area (TPSA) is 63.6 Å². The first-order chi connectivity index (χ1) is 9.65. The van der Waals surface area contributed by atoms with Crippen molar-refractivity contribution in [1.29, 1.82) is 0 Å². The number of fused-ring (bicyclic) bond motifs is 2. The van der Waals surface area contributed by atoms with Gasteiger partial charge in [0, 0.05) is 0 Å². The number of carboxylic acids is 1. The van der Waals surface area contributed by atoms with Crippen molar-refractivity contribution in [3.05, 3.63) is 35.9 Å². The van der Waals surface area contributed by atoms with Gasteiger partial charge in [-0.1, -0.05) is 24.6 Å². The average Bonchev–Trinajstić information content (AvgIpc) is 2.81. The molecule has 106 valence electrons. The lowest BCUT2D eigenvalue weighted by Crippen LogP contribution is -2.40. The lowest BCUT2D eigenvalue weighted by atomic mass is 9.77. The van der Waals surface area contributed by atoms with Gasteiger partial charge in [0.05, 0.1) is 11.5 Å². The molecule has 2 aliphatic rings. The number of benzene rings is 1. The molecule has 0 aliphatic heterocycles. The molecule has 4 atom stereocenters. The van der Waals surface area contributed by atoms with Crippen LogP contribution >= 0.6 is 0 Å². The van der Waals surface area contributed by atoms with Crippen molar-refractivity contribution >= 4 is 11.9 Å². The number of carbonyl (C=O) groups is 2. The van der Waals surface area contributed by atoms with Gasteiger partial charge in [0.2, 0.25) is 0 Å². The minimum absolute atomic E-state index is 0.167. The zero-order chi connectivity index (χ0) is 14.1. The van der Waals surface area contributed by atoms with E-state index in [1.807, 2.05) is 6.07 Å². The van der Waals surface area contributed by atoms with Gasteiger partial charge in [-0.2, -0.15) is 0 Å². The van der Waals surface area contributed by atoms with Gasteiger partial charge in [0.1, 0.15) is 6.10 Å². The van der Waals surface area contributed by atoms with Crippen LogP contribution in [0.25, 0.3) is 0 Å². The van der Waals surface area contributed by atoms with Crippen LogP contribution in [0, 0.1) is 17.8 Å². The minimum Gasteiger partial charge on any atom is -0.481 e. The highest BCUT2D eigenvalue weighted by Crippen LogP contribution is 2.46. The Hall–Kier alpha value is -1.84. The summed E-state index contributed by atoms with van der Waals surface area (Å²) in [6.45, 7) is 0. The van der Waals surface area contributed by atoms with Crippen molar-refractivity contribution in [2.45, 2.75) is 31.8 Å². The maximum absolute atomic E-state index is 12.1. The summed E-state index contributed by atoms with van der Waals surface area (Å²) < 4.78 is 5.51. The van der Waals surface area contributed by atoms with E-state index in [0.29, 0.717) is 17.9 Å². The number of aliphatic carboxylic acids is 1. The number of ether oxygens (including phenoxy) is 1. The normalized spacial score (nSPS) is 31.8. The van der Waals surface area contributed by atoms with Crippen LogP contribution in [0.2, 0.25) is 0 Å². The fourth-order valence-electron chi connectivity index (χ4n) is 3.69. The molecule has 4 nitrogen and oxygen atoms in total. The largest absolute Gasteiger partial charge is 0.481 e. The highest BCUT2D eigenvalue weighted by atomic mass is 16.5. The highest BCUT2D eigenvalue weighted by Gasteiger charge is 2.47. The molecule has 3 rings (SSSR count). The summed E-state index contributed by atoms with van der Waals surface area (Å²) in [7, 11) is 0. The summed E-state index contributed by atoms with van der Waals surface area (Å²) in [6, 6.07) is 8.76. The third kappa shape index (κ3) is 2.42. The molecule has 0 radical (unpaired) electrons. The van der Waals surface area contributed by atoms with Crippen molar-refractivity contribution < 1.29 is 19.4 Å². The maximum Gasteiger partial charge on any atom is 0.338 e. The molecular weight excluding hydrogens is 256 g/mol. The quantitative estimate of drug-likeness (QED) is 0.861. The van der Waals surface area contributed by atoms with Crippen LogP contribution in [0.5, 0.6) is 0 Å². The lowest BCUT2D eigenvalue weighted by molar-refractivity contribution is -0.150. The summed E-state index contributed by atoms with van der Waals surface area (Å²) in [5, 5.41) is 9.42. The Labute approximate surface area is 117 Å². The predicted octanol–water partition coefficient (Wildman–Crippen LogP) is 2.73. The Morgan fingerprint density at radius 1 is 1.10 bits per heavy atom. The van der Waals surface area contributed by atoms with Crippen LogP contribution < -0.4 is 0 Å². The molecule has 0 amide bonds. The molecule has 2 aliphatic carbocycles. The first kappa shape index (κ1) is 13.2. The zero-order valence-corrected chi connectivity index (χ0v) is 11.2. The fraction of sp³-hybridized carbons (Fsp3) is 0.500. The molecule has 2 fully saturated rings. The van der Waals surface area contributed by atoms with Crippen LogP contribution in [-0.4, -0.2) is 23.1 Å². The second-order valence-corrected chi connectivity index (χ2v) is 5.85. The molecule has 1 N–H and O–H groups in total. The van der Waals surface area contributed by atoms with Gasteiger partial charge in [-0.3, -0.25) is 4.79 Å². The Morgan fingerprint density at radius 2 is 1.85 bits per heavy atom. The number of carboxylic acid groups (broad SMARTS) is 1. The predicted molar refractivity (Wildman–Crippen MR) is 72.2 cm³/mol. The number of carbonyl (C=O) groups excluding carboxylic acids is 1. The minimum atomic E-state index is -0.832. The van der Waals surface area contributed by atoms with Crippen molar-refractivity contribution in [3.8, 4) is 0 Å². The van der Waals surface area contributed by atoms with Gasteiger partial charge in [-0.05, 0) is 43.2 Å². The standard InChI is InChI=1S/C16H18O4/c17-15(18)14-12-7-6-10(8-12)9-13(14)20-16(19)11-4-2-1-3-5-11/h1-5,10,12-14H,6-9H2,(H,17,18). The van der Waals surface area contributed by atoms with Crippen molar-refractivity contribution in [3.63, 3.8) is 0 Å². The van der Waals surface area contributed by atoms with Crippen molar-refractivity contribution in [2.75, 3.05) is 0 Å². The second kappa shape index (κ2) is 5.27. The average molecular weight is 274 g/mol. The molecule has 0 saturated heterocycles. The van der Waals surface area contributed by atoms with Gasteiger partial charge in [-0.15, -0.1) is 0 Å². The number of hydrogen-bond acceptors (Lipinski definition) is 3. The first-order valence-electron chi connectivity index (χ1n) is 7.14. The molecule has 2 bridgehead atoms. The SMILES string of the molecule is O=C(OC1CC2CCC(C2)C1C(=O)O)c1ccccc1. The number of rotatable bonds is 3. The summed E-state index contributed by atoms with van der Waals surface area (Å²) in [5.41, 5.74) is 0.481. The van der Waals surface area contributed by atoms with E-state index in [9.17, 15) is 14.7 Å². The lowest BCUT2D eigenvalue weighted by Gasteiger charge is -2.33. The molecule has 20 heavy (non-hydrogen) atoms. The summed E-state index contributed by atoms with van der Waals surface area (Å²) in [6.07, 6.45) is 3.18. The number of hydrogen-bond donors (Lipinski definition) is 1. The molecule has 4 heteroatoms. The molecule has 2 saturated carbocycles. The second-order valence-electron chi connectivity index (χ2n) is 5.85. The van der Waals surface area contributed by atoms with Crippen LogP contribution in [0.1, 0.15) is 36.0 Å². The monoisotopic (exact) mass is 274 g/mol. The van der Waals surface area contributed by atoms with Crippen molar-refractivity contribution in [1.82, 2.24) is 0 Å². The summed E-state index contributed by atoms with van der Waals surface area (Å²) >= 11 is 0. The van der Waals surface area contributed by atoms with Gasteiger partial charge < -0.3 is 9.84 Å². The zero-order valence-electron chi connectivity index (χ0n) is 11.2. The molecule has 0 heterocycles. The Kier molecular flexibility index (Phi) is 3.47. The molecule has 1 aromatic rings. The van der Waals surface area contributed by atoms with E-state index < -0.39 is 24.0 Å². The Morgan fingerprint density at radius 3 is 2.55 bits per heavy atom. The van der Waals surface area contributed by atoms with E-state index in [4.69, 9.17) is 4.74 Å². The first-order valence-corrected chi connectivity index (χ1v) is 7.14. The van der Waals surface area contributed by atoms with E-state index in [2.05, 4.69) is 0 Å². The van der Waals surface area contributed by atoms with E-state index in [0.717, 1.165) is 19.3 Å². The molecular formula is C16H18O4. The van der Waals surface area contributed by atoms with Crippen LogP contribution in [-0.2, 0) is 9.53 Å². The van der Waals surface area contributed by atoms with E-state index in [1.54, 1.807) is 24.3 Å². The Bertz CT molecular complexity index is 510. The van der Waals surface area contributed by atoms with Crippen LogP contribution in [0.3, 0.4) is 0 Å². The van der Waals surface area contributed by atoms with E-state index >= 15 is 0 Å². The van der Waals surface area contributed by atoms with Crippen molar-refractivity contribution in [2.24, 2.45) is 17.8 Å². The third-order valence-electron chi connectivity index (χ3n) is 4.61. The van der Waals surface area contributed by atoms with E-state index in [-0.39, 0.29) is 5.92 Å². The highest BCUT2D eigenvalue weighted by molar-refractivity contribution is 5.89. The van der Waals surface area contributed by atoms with Gasteiger partial charge in [-0.25, -0.2) is 4.79 Å².